The van der Waals surface area contributed by atoms with Gasteiger partial charge in [-0.1, -0.05) is 0 Å². The minimum Gasteiger partial charge on any atom is -0.392 e. The maximum Gasteiger partial charge on any atom is 0.272 e. The van der Waals surface area contributed by atoms with Crippen LogP contribution >= 0.6 is 0 Å². The van der Waals surface area contributed by atoms with Crippen LogP contribution in [0.15, 0.2) is 18.2 Å². The van der Waals surface area contributed by atoms with Crippen molar-refractivity contribution < 1.29 is 14.4 Å². The normalized spacial score (nSPS) is 30.2. The molecule has 0 radical (unpaired) electrons. The average Bonchev–Trinajstić information content (AvgIpc) is 2.76. The van der Waals surface area contributed by atoms with Crippen molar-refractivity contribution in [2.24, 2.45) is 11.8 Å². The quantitative estimate of drug-likeness (QED) is 0.620. The Hall–Kier alpha value is -1.69. The number of nitro groups is 1. The molecule has 1 N–H and O–H groups in total. The van der Waals surface area contributed by atoms with E-state index in [1.54, 1.807) is 0 Å². The van der Waals surface area contributed by atoms with Gasteiger partial charge in [0.2, 0.25) is 0 Å². The van der Waals surface area contributed by atoms with Gasteiger partial charge in [0.15, 0.2) is 5.82 Å². The minimum absolute atomic E-state index is 0.240. The first-order valence-corrected chi connectivity index (χ1v) is 5.45. The fourth-order valence-corrected chi connectivity index (χ4v) is 2.56. The monoisotopic (exact) mass is 238 g/mol. The Bertz CT molecular complexity index is 482. The summed E-state index contributed by atoms with van der Waals surface area (Å²) < 4.78 is 13.7. The van der Waals surface area contributed by atoms with Crippen molar-refractivity contribution in [3.05, 3.63) is 34.1 Å². The van der Waals surface area contributed by atoms with Gasteiger partial charge in [-0.05, 0) is 6.07 Å². The largest absolute Gasteiger partial charge is 0.392 e. The van der Waals surface area contributed by atoms with Crippen LogP contribution in [0, 0.1) is 27.8 Å². The van der Waals surface area contributed by atoms with Crippen molar-refractivity contribution >= 4 is 11.4 Å². The van der Waals surface area contributed by atoms with E-state index in [0.29, 0.717) is 18.8 Å². The summed E-state index contributed by atoms with van der Waals surface area (Å²) in [6.07, 6.45) is -0.243. The van der Waals surface area contributed by atoms with E-state index in [2.05, 4.69) is 0 Å². The summed E-state index contributed by atoms with van der Waals surface area (Å²) >= 11 is 0. The summed E-state index contributed by atoms with van der Waals surface area (Å²) in [4.78, 5) is 11.7. The number of hydrogen-bond donors (Lipinski definition) is 1. The van der Waals surface area contributed by atoms with E-state index in [-0.39, 0.29) is 23.6 Å². The zero-order valence-electron chi connectivity index (χ0n) is 8.91. The Labute approximate surface area is 96.6 Å². The van der Waals surface area contributed by atoms with Crippen LogP contribution < -0.4 is 4.90 Å². The van der Waals surface area contributed by atoms with Crippen LogP contribution in [0.25, 0.3) is 0 Å². The lowest BCUT2D eigenvalue weighted by atomic mass is 10.2. The molecule has 90 valence electrons. The van der Waals surface area contributed by atoms with E-state index in [9.17, 15) is 19.6 Å². The van der Waals surface area contributed by atoms with Crippen molar-refractivity contribution in [3.8, 4) is 0 Å². The van der Waals surface area contributed by atoms with Crippen LogP contribution in [0.2, 0.25) is 0 Å². The Morgan fingerprint density at radius 1 is 1.41 bits per heavy atom. The molecule has 1 aromatic carbocycles. The molecule has 0 aromatic heterocycles. The molecule has 1 aromatic rings. The molecule has 1 aliphatic heterocycles. The number of nitro benzene ring substituents is 1. The summed E-state index contributed by atoms with van der Waals surface area (Å²) in [7, 11) is 0. The summed E-state index contributed by atoms with van der Waals surface area (Å²) in [6.45, 7) is 1.25. The van der Waals surface area contributed by atoms with Crippen molar-refractivity contribution in [2.75, 3.05) is 18.0 Å². The third-order valence-electron chi connectivity index (χ3n) is 3.63. The predicted molar refractivity (Wildman–Crippen MR) is 58.3 cm³/mol. The van der Waals surface area contributed by atoms with Crippen LogP contribution in [0.4, 0.5) is 15.8 Å². The highest BCUT2D eigenvalue weighted by Gasteiger charge is 2.55. The van der Waals surface area contributed by atoms with Crippen LogP contribution in [0.5, 0.6) is 0 Å². The number of fused-ring (bicyclic) bond motifs is 1. The van der Waals surface area contributed by atoms with Gasteiger partial charge in [0.1, 0.15) is 0 Å². The number of benzene rings is 1. The molecular weight excluding hydrogens is 227 g/mol. The molecular formula is C11H11FN2O3. The number of halogens is 1. The number of piperidine rings is 1. The Balaban J connectivity index is 1.82. The van der Waals surface area contributed by atoms with E-state index in [4.69, 9.17) is 0 Å². The third kappa shape index (κ3) is 1.56. The predicted octanol–water partition coefficient (Wildman–Crippen LogP) is 1.16. The van der Waals surface area contributed by atoms with Gasteiger partial charge in [0.25, 0.3) is 5.69 Å². The number of aliphatic hydroxyl groups is 1. The highest BCUT2D eigenvalue weighted by Crippen LogP contribution is 2.47. The third-order valence-corrected chi connectivity index (χ3v) is 3.63. The fourth-order valence-electron chi connectivity index (χ4n) is 2.56. The molecule has 0 bridgehead atoms. The maximum atomic E-state index is 13.7. The molecule has 1 heterocycles. The maximum absolute atomic E-state index is 13.7. The Morgan fingerprint density at radius 3 is 2.59 bits per heavy atom. The summed E-state index contributed by atoms with van der Waals surface area (Å²) in [6, 6.07) is 3.68. The van der Waals surface area contributed by atoms with Crippen molar-refractivity contribution in [3.63, 3.8) is 0 Å². The summed E-state index contributed by atoms with van der Waals surface area (Å²) in [5, 5.41) is 19.9. The average molecular weight is 238 g/mol. The second-order valence-electron chi connectivity index (χ2n) is 4.62. The highest BCUT2D eigenvalue weighted by molar-refractivity contribution is 5.54. The molecule has 17 heavy (non-hydrogen) atoms. The fraction of sp³-hybridized carbons (Fsp3) is 0.455. The molecule has 2 atom stereocenters. The van der Waals surface area contributed by atoms with Gasteiger partial charge in [-0.3, -0.25) is 10.1 Å². The molecule has 1 saturated heterocycles. The zero-order chi connectivity index (χ0) is 12.2. The lowest BCUT2D eigenvalue weighted by Crippen LogP contribution is -2.26. The Morgan fingerprint density at radius 2 is 2.06 bits per heavy atom. The molecule has 5 nitrogen and oxygen atoms in total. The van der Waals surface area contributed by atoms with E-state index in [1.807, 2.05) is 4.90 Å². The van der Waals surface area contributed by atoms with Gasteiger partial charge in [0.05, 0.1) is 22.8 Å². The molecule has 0 spiro atoms. The van der Waals surface area contributed by atoms with Gasteiger partial charge in [0, 0.05) is 31.0 Å². The number of non-ortho nitro benzene ring substituents is 1. The number of rotatable bonds is 2. The van der Waals surface area contributed by atoms with Crippen LogP contribution in [0.3, 0.4) is 0 Å². The van der Waals surface area contributed by atoms with E-state index < -0.39 is 10.7 Å². The lowest BCUT2D eigenvalue weighted by molar-refractivity contribution is -0.385. The van der Waals surface area contributed by atoms with Crippen LogP contribution in [-0.4, -0.2) is 29.2 Å². The molecule has 2 aliphatic rings. The number of hydrogen-bond acceptors (Lipinski definition) is 4. The topological polar surface area (TPSA) is 66.6 Å². The molecule has 0 amide bonds. The van der Waals surface area contributed by atoms with E-state index in [0.717, 1.165) is 6.07 Å². The molecule has 3 rings (SSSR count). The van der Waals surface area contributed by atoms with Crippen LogP contribution in [0.1, 0.15) is 0 Å². The van der Waals surface area contributed by atoms with Gasteiger partial charge < -0.3 is 10.0 Å². The molecule has 2 fully saturated rings. The zero-order valence-corrected chi connectivity index (χ0v) is 8.91. The van der Waals surface area contributed by atoms with Crippen molar-refractivity contribution in [1.82, 2.24) is 0 Å². The molecule has 2 unspecified atom stereocenters. The highest BCUT2D eigenvalue weighted by atomic mass is 19.1. The molecule has 1 aliphatic carbocycles. The number of aliphatic hydroxyl groups excluding tert-OH is 1. The lowest BCUT2D eigenvalue weighted by Gasteiger charge is -2.21. The van der Waals surface area contributed by atoms with Gasteiger partial charge in [-0.2, -0.15) is 0 Å². The number of nitrogens with zero attached hydrogens (tertiary/aromatic N) is 2. The molecule has 6 heteroatoms. The summed E-state index contributed by atoms with van der Waals surface area (Å²) in [5.74, 6) is -0.0934. The standard InChI is InChI=1S/C11H11FN2O3/c12-9-3-6(14(16)17)1-2-10(9)13-4-7-8(5-13)11(7)15/h1-3,7-8,11,15H,4-5H2. The Kier molecular flexibility index (Phi) is 2.09. The van der Waals surface area contributed by atoms with Gasteiger partial charge >= 0.3 is 0 Å². The minimum atomic E-state index is -0.613. The van der Waals surface area contributed by atoms with Crippen molar-refractivity contribution in [2.45, 2.75) is 6.10 Å². The number of anilines is 1. The second kappa shape index (κ2) is 3.40. The van der Waals surface area contributed by atoms with E-state index >= 15 is 0 Å². The van der Waals surface area contributed by atoms with Crippen molar-refractivity contribution in [1.29, 1.82) is 0 Å². The van der Waals surface area contributed by atoms with E-state index in [1.165, 1.54) is 12.1 Å². The second-order valence-corrected chi connectivity index (χ2v) is 4.62. The van der Waals surface area contributed by atoms with Crippen LogP contribution in [-0.2, 0) is 0 Å². The smallest absolute Gasteiger partial charge is 0.272 e. The first-order valence-electron chi connectivity index (χ1n) is 5.45. The molecule has 1 saturated carbocycles. The first kappa shape index (κ1) is 10.5. The van der Waals surface area contributed by atoms with Gasteiger partial charge in [-0.15, -0.1) is 0 Å². The summed E-state index contributed by atoms with van der Waals surface area (Å²) in [5.41, 5.74) is 0.144. The van der Waals surface area contributed by atoms with Gasteiger partial charge in [-0.25, -0.2) is 4.39 Å². The first-order chi connectivity index (χ1) is 8.08. The SMILES string of the molecule is O=[N+]([O-])c1ccc(N2CC3C(O)C3C2)c(F)c1.